The normalized spacial score (nSPS) is 15.3. The fraction of sp³-hybridized carbons (Fsp3) is 0.286. The molecule has 4 aromatic carbocycles. The number of fused-ring (bicyclic) bond motifs is 4. The first-order chi connectivity index (χ1) is 29.9. The molecular weight excluding hydrogens is 905 g/mol. The number of aryl methyl sites for hydroxylation is 2. The summed E-state index contributed by atoms with van der Waals surface area (Å²) in [4.78, 5) is -0.251. The predicted octanol–water partition coefficient (Wildman–Crippen LogP) is 6.65. The molecule has 340 valence electrons. The Hall–Kier alpha value is -6.10. The zero-order valence-electron chi connectivity index (χ0n) is 35.6. The Labute approximate surface area is 372 Å². The minimum absolute atomic E-state index is 0.0289. The number of anilines is 4. The molecule has 22 heteroatoms. The van der Waals surface area contributed by atoms with Crippen LogP contribution in [0.2, 0.25) is 0 Å². The van der Waals surface area contributed by atoms with Gasteiger partial charge in [0.15, 0.2) is 11.7 Å². The van der Waals surface area contributed by atoms with E-state index in [0.29, 0.717) is 47.1 Å². The average molecular weight is 953 g/mol. The number of phenols is 2. The van der Waals surface area contributed by atoms with Gasteiger partial charge in [-0.25, -0.2) is 16.8 Å². The molecular formula is C42H48N8O10S4. The number of benzene rings is 4. The smallest absolute Gasteiger partial charge is 0.286 e. The molecule has 18 nitrogen and oxygen atoms in total. The first kappa shape index (κ1) is 45.9. The van der Waals surface area contributed by atoms with Crippen molar-refractivity contribution < 1.29 is 43.9 Å². The number of aromatic hydroxyl groups is 2. The van der Waals surface area contributed by atoms with Gasteiger partial charge in [0.2, 0.25) is 20.0 Å². The van der Waals surface area contributed by atoms with Crippen molar-refractivity contribution in [3.05, 3.63) is 96.3 Å². The molecule has 6 aromatic rings. The SMILES string of the molecule is CC(C)CCn1cc(C2=NS(=O)(=O)c3cc(NS(C)(=O)=O)ccc3N2)c2c(O)cccc21.CC(C)CCn1cc(C2=NS(=O)(=O)c3cc(NS(C)(=O)=O)ccc3N2)c2ccc(O)cc21. The van der Waals surface area contributed by atoms with Gasteiger partial charge < -0.3 is 30.0 Å². The zero-order chi connectivity index (χ0) is 46.5. The van der Waals surface area contributed by atoms with Crippen molar-refractivity contribution in [2.45, 2.75) is 63.4 Å². The number of rotatable bonds is 12. The number of hydrogen-bond donors (Lipinski definition) is 6. The van der Waals surface area contributed by atoms with Gasteiger partial charge in [-0.2, -0.15) is 16.8 Å². The predicted molar refractivity (Wildman–Crippen MR) is 251 cm³/mol. The minimum Gasteiger partial charge on any atom is -0.508 e. The number of hydrogen-bond acceptors (Lipinski definition) is 12. The number of amidine groups is 2. The summed E-state index contributed by atoms with van der Waals surface area (Å²) >= 11 is 0. The van der Waals surface area contributed by atoms with E-state index < -0.39 is 40.1 Å². The summed E-state index contributed by atoms with van der Waals surface area (Å²) in [5.41, 5.74) is 3.45. The third-order valence-electron chi connectivity index (χ3n) is 10.2. The Morgan fingerprint density at radius 2 is 1.12 bits per heavy atom. The van der Waals surface area contributed by atoms with Gasteiger partial charge in [0.25, 0.3) is 20.0 Å². The van der Waals surface area contributed by atoms with E-state index in [-0.39, 0.29) is 50.0 Å². The molecule has 0 radical (unpaired) electrons. The van der Waals surface area contributed by atoms with Crippen LogP contribution in [0, 0.1) is 11.8 Å². The van der Waals surface area contributed by atoms with Gasteiger partial charge >= 0.3 is 0 Å². The largest absolute Gasteiger partial charge is 0.508 e. The van der Waals surface area contributed by atoms with Gasteiger partial charge in [0.1, 0.15) is 21.3 Å². The van der Waals surface area contributed by atoms with Crippen molar-refractivity contribution in [3.63, 3.8) is 0 Å². The fourth-order valence-corrected chi connectivity index (χ4v) is 10.7. The van der Waals surface area contributed by atoms with Crippen LogP contribution >= 0.6 is 0 Å². The molecule has 0 saturated heterocycles. The van der Waals surface area contributed by atoms with E-state index in [1.807, 2.05) is 21.4 Å². The van der Waals surface area contributed by atoms with E-state index in [1.165, 1.54) is 36.4 Å². The van der Waals surface area contributed by atoms with Gasteiger partial charge in [-0.3, -0.25) is 9.44 Å². The topological polar surface area (TPSA) is 260 Å². The van der Waals surface area contributed by atoms with Gasteiger partial charge in [0, 0.05) is 59.4 Å². The van der Waals surface area contributed by atoms with E-state index >= 15 is 0 Å². The van der Waals surface area contributed by atoms with Gasteiger partial charge in [-0.1, -0.05) is 33.8 Å². The molecule has 6 N–H and O–H groups in total. The maximum Gasteiger partial charge on any atom is 0.286 e. The molecule has 4 heterocycles. The lowest BCUT2D eigenvalue weighted by Crippen LogP contribution is -2.22. The lowest BCUT2D eigenvalue weighted by molar-refractivity contribution is 0.475. The third kappa shape index (κ3) is 10.1. The van der Waals surface area contributed by atoms with Crippen molar-refractivity contribution in [3.8, 4) is 11.5 Å². The lowest BCUT2D eigenvalue weighted by Gasteiger charge is -2.19. The first-order valence-electron chi connectivity index (χ1n) is 20.0. The highest BCUT2D eigenvalue weighted by Crippen LogP contribution is 2.37. The van der Waals surface area contributed by atoms with E-state index in [1.54, 1.807) is 36.5 Å². The van der Waals surface area contributed by atoms with Crippen LogP contribution in [-0.2, 0) is 53.2 Å². The molecule has 2 aliphatic heterocycles. The Morgan fingerprint density at radius 3 is 1.62 bits per heavy atom. The van der Waals surface area contributed by atoms with Crippen LogP contribution in [0.5, 0.6) is 11.5 Å². The van der Waals surface area contributed by atoms with Crippen molar-refractivity contribution in [1.29, 1.82) is 0 Å². The second-order valence-electron chi connectivity index (χ2n) is 16.5. The summed E-state index contributed by atoms with van der Waals surface area (Å²) in [6.45, 7) is 9.88. The summed E-state index contributed by atoms with van der Waals surface area (Å²) < 4.78 is 114. The molecule has 0 spiro atoms. The first-order valence-corrected chi connectivity index (χ1v) is 26.6. The molecule has 0 atom stereocenters. The van der Waals surface area contributed by atoms with Crippen molar-refractivity contribution in [2.24, 2.45) is 20.6 Å². The molecule has 64 heavy (non-hydrogen) atoms. The van der Waals surface area contributed by atoms with Crippen LogP contribution in [0.25, 0.3) is 21.8 Å². The third-order valence-corrected chi connectivity index (χ3v) is 14.1. The Bertz CT molecular complexity index is 3340. The van der Waals surface area contributed by atoms with Gasteiger partial charge in [-0.05, 0) is 85.3 Å². The van der Waals surface area contributed by atoms with E-state index in [0.717, 1.165) is 41.8 Å². The molecule has 2 aliphatic rings. The van der Waals surface area contributed by atoms with E-state index in [2.05, 4.69) is 56.6 Å². The number of nitrogens with zero attached hydrogens (tertiary/aromatic N) is 4. The highest BCUT2D eigenvalue weighted by atomic mass is 32.2. The molecule has 0 unspecified atom stereocenters. The number of phenolic OH excluding ortho intramolecular Hbond substituents is 2. The zero-order valence-corrected chi connectivity index (χ0v) is 38.9. The Morgan fingerprint density at radius 1 is 0.641 bits per heavy atom. The van der Waals surface area contributed by atoms with E-state index in [9.17, 15) is 43.9 Å². The molecule has 2 aromatic heterocycles. The average Bonchev–Trinajstić information content (AvgIpc) is 3.74. The van der Waals surface area contributed by atoms with Gasteiger partial charge in [0.05, 0.1) is 40.3 Å². The highest BCUT2D eigenvalue weighted by Gasteiger charge is 2.30. The summed E-state index contributed by atoms with van der Waals surface area (Å²) in [6.07, 6.45) is 7.42. The van der Waals surface area contributed by atoms with Crippen LogP contribution < -0.4 is 20.1 Å². The number of sulfonamides is 4. The minimum atomic E-state index is -4.12. The summed E-state index contributed by atoms with van der Waals surface area (Å²) in [5, 5.41) is 27.9. The van der Waals surface area contributed by atoms with Crippen molar-refractivity contribution in [1.82, 2.24) is 9.13 Å². The number of nitrogens with one attached hydrogen (secondary N) is 4. The molecule has 0 bridgehead atoms. The Balaban J connectivity index is 0.000000191. The standard InChI is InChI=1S/2C21H24N4O5S2/c1-13(2)8-9-25-12-17(16-6-5-15(26)11-19(16)25)21-22-18-7-4-14(23-31(3,27)28)10-20(18)32(29,30)24-21;1-13(2)9-10-25-12-15(20-17(25)5-4-6-18(20)26)21-22-16-8-7-14(23-31(3,27)28)11-19(16)32(29,30)24-21/h4-7,10-13,23,26H,8-9H2,1-3H3,(H,22,24);4-8,11-13,23,26H,9-10H2,1-3H3,(H,22,24). The Kier molecular flexibility index (Phi) is 12.3. The summed E-state index contributed by atoms with van der Waals surface area (Å²) in [6, 6.07) is 18.5. The van der Waals surface area contributed by atoms with Gasteiger partial charge in [-0.15, -0.1) is 8.80 Å². The van der Waals surface area contributed by atoms with Crippen molar-refractivity contribution in [2.75, 3.05) is 32.6 Å². The van der Waals surface area contributed by atoms with Crippen LogP contribution in [0.15, 0.2) is 104 Å². The molecule has 0 fully saturated rings. The summed E-state index contributed by atoms with van der Waals surface area (Å²) in [7, 11) is -15.3. The second kappa shape index (κ2) is 17.1. The molecule has 0 saturated carbocycles. The van der Waals surface area contributed by atoms with Crippen molar-refractivity contribution >= 4 is 96.3 Å². The quantitative estimate of drug-likeness (QED) is 0.0754. The van der Waals surface area contributed by atoms with E-state index in [4.69, 9.17) is 0 Å². The van der Waals surface area contributed by atoms with Crippen LogP contribution in [0.3, 0.4) is 0 Å². The van der Waals surface area contributed by atoms with Crippen LogP contribution in [0.1, 0.15) is 51.7 Å². The molecule has 0 aliphatic carbocycles. The lowest BCUT2D eigenvalue weighted by atomic mass is 10.1. The maximum absolute atomic E-state index is 12.9. The molecule has 0 amide bonds. The maximum atomic E-state index is 12.9. The monoisotopic (exact) mass is 952 g/mol. The summed E-state index contributed by atoms with van der Waals surface area (Å²) in [5.74, 6) is 1.36. The second-order valence-corrected chi connectivity index (χ2v) is 23.1. The van der Waals surface area contributed by atoms with Crippen LogP contribution in [-0.4, -0.2) is 77.2 Å². The number of aromatic nitrogens is 2. The fourth-order valence-electron chi connectivity index (χ4n) is 7.25. The van der Waals surface area contributed by atoms with Crippen LogP contribution in [0.4, 0.5) is 22.7 Å². The molecule has 8 rings (SSSR count). The highest BCUT2D eigenvalue weighted by molar-refractivity contribution is 7.92.